The van der Waals surface area contributed by atoms with Crippen LogP contribution in [-0.4, -0.2) is 11.9 Å². The fourth-order valence-electron chi connectivity index (χ4n) is 1.77. The third-order valence-electron chi connectivity index (χ3n) is 3.22. The van der Waals surface area contributed by atoms with E-state index in [4.69, 9.17) is 9.47 Å². The molecule has 0 radical (unpaired) electrons. The maximum absolute atomic E-state index is 11.9. The van der Waals surface area contributed by atoms with Crippen LogP contribution in [0.2, 0.25) is 0 Å². The Labute approximate surface area is 132 Å². The van der Waals surface area contributed by atoms with Crippen molar-refractivity contribution in [2.75, 3.05) is 0 Å². The standard InChI is InChI=1S/C18H26O4/c1-6-7-9-14-10-8-11-15(21-17(19)12(2)3)16(14)22-18(20)13(4)5/h8,10-13H,6-7,9H2,1-5H3. The summed E-state index contributed by atoms with van der Waals surface area (Å²) in [4.78, 5) is 23.8. The minimum atomic E-state index is -0.338. The van der Waals surface area contributed by atoms with Gasteiger partial charge in [-0.2, -0.15) is 0 Å². The number of aryl methyl sites for hydroxylation is 1. The molecule has 4 nitrogen and oxygen atoms in total. The van der Waals surface area contributed by atoms with E-state index in [0.29, 0.717) is 11.5 Å². The van der Waals surface area contributed by atoms with Gasteiger partial charge in [0.25, 0.3) is 0 Å². The Morgan fingerprint density at radius 3 is 2.14 bits per heavy atom. The summed E-state index contributed by atoms with van der Waals surface area (Å²) in [7, 11) is 0. The number of rotatable bonds is 7. The largest absolute Gasteiger partial charge is 0.422 e. The minimum absolute atomic E-state index is 0.243. The average Bonchev–Trinajstić information content (AvgIpc) is 2.46. The zero-order valence-corrected chi connectivity index (χ0v) is 14.1. The van der Waals surface area contributed by atoms with Crippen LogP contribution in [0.25, 0.3) is 0 Å². The van der Waals surface area contributed by atoms with E-state index in [9.17, 15) is 9.59 Å². The number of carbonyl (C=O) groups is 2. The zero-order valence-electron chi connectivity index (χ0n) is 14.1. The number of carbonyl (C=O) groups excluding carboxylic acids is 2. The second kappa shape index (κ2) is 8.57. The Morgan fingerprint density at radius 2 is 1.59 bits per heavy atom. The summed E-state index contributed by atoms with van der Waals surface area (Å²) in [6.45, 7) is 9.18. The highest BCUT2D eigenvalue weighted by Gasteiger charge is 2.20. The van der Waals surface area contributed by atoms with E-state index in [1.54, 1.807) is 33.8 Å². The molecule has 0 saturated heterocycles. The van der Waals surface area contributed by atoms with Crippen molar-refractivity contribution in [1.29, 1.82) is 0 Å². The first-order chi connectivity index (χ1) is 10.4. The predicted molar refractivity (Wildman–Crippen MR) is 86.0 cm³/mol. The molecule has 0 unspecified atom stereocenters. The van der Waals surface area contributed by atoms with Crippen molar-refractivity contribution >= 4 is 11.9 Å². The first-order valence-electron chi connectivity index (χ1n) is 7.92. The summed E-state index contributed by atoms with van der Waals surface area (Å²) < 4.78 is 10.9. The van der Waals surface area contributed by atoms with Gasteiger partial charge < -0.3 is 9.47 Å². The molecule has 4 heteroatoms. The van der Waals surface area contributed by atoms with Crippen LogP contribution in [0, 0.1) is 11.8 Å². The molecule has 0 N–H and O–H groups in total. The number of hydrogen-bond acceptors (Lipinski definition) is 4. The lowest BCUT2D eigenvalue weighted by molar-refractivity contribution is -0.140. The summed E-state index contributed by atoms with van der Waals surface area (Å²) in [6, 6.07) is 5.39. The monoisotopic (exact) mass is 306 g/mol. The molecule has 0 aromatic heterocycles. The van der Waals surface area contributed by atoms with Crippen LogP contribution in [0.1, 0.15) is 53.0 Å². The van der Waals surface area contributed by atoms with E-state index >= 15 is 0 Å². The quantitative estimate of drug-likeness (QED) is 0.561. The van der Waals surface area contributed by atoms with Crippen molar-refractivity contribution in [3.8, 4) is 11.5 Å². The van der Waals surface area contributed by atoms with Crippen LogP contribution < -0.4 is 9.47 Å². The number of benzene rings is 1. The van der Waals surface area contributed by atoms with Crippen LogP contribution in [0.3, 0.4) is 0 Å². The molecule has 1 aromatic carbocycles. The third kappa shape index (κ3) is 5.17. The van der Waals surface area contributed by atoms with Gasteiger partial charge in [0.15, 0.2) is 11.5 Å². The molecule has 0 saturated carbocycles. The molecule has 0 bridgehead atoms. The lowest BCUT2D eigenvalue weighted by Crippen LogP contribution is -2.19. The van der Waals surface area contributed by atoms with E-state index in [0.717, 1.165) is 24.8 Å². The molecular formula is C18H26O4. The molecule has 0 fully saturated rings. The van der Waals surface area contributed by atoms with Crippen LogP contribution in [0.5, 0.6) is 11.5 Å². The van der Waals surface area contributed by atoms with Gasteiger partial charge in [-0.3, -0.25) is 9.59 Å². The van der Waals surface area contributed by atoms with Crippen molar-refractivity contribution in [2.24, 2.45) is 11.8 Å². The van der Waals surface area contributed by atoms with Crippen molar-refractivity contribution in [1.82, 2.24) is 0 Å². The van der Waals surface area contributed by atoms with Crippen LogP contribution in [-0.2, 0) is 16.0 Å². The highest BCUT2D eigenvalue weighted by molar-refractivity contribution is 5.78. The van der Waals surface area contributed by atoms with E-state index in [1.165, 1.54) is 0 Å². The lowest BCUT2D eigenvalue weighted by atomic mass is 10.1. The number of para-hydroxylation sites is 1. The number of ether oxygens (including phenoxy) is 2. The Hall–Kier alpha value is -1.84. The average molecular weight is 306 g/mol. The topological polar surface area (TPSA) is 52.6 Å². The lowest BCUT2D eigenvalue weighted by Gasteiger charge is -2.16. The highest BCUT2D eigenvalue weighted by atomic mass is 16.6. The number of hydrogen-bond donors (Lipinski definition) is 0. The molecule has 0 aliphatic rings. The molecule has 1 rings (SSSR count). The fraction of sp³-hybridized carbons (Fsp3) is 0.556. The predicted octanol–water partition coefficient (Wildman–Crippen LogP) is 4.15. The smallest absolute Gasteiger partial charge is 0.313 e. The summed E-state index contributed by atoms with van der Waals surface area (Å²) in [5, 5.41) is 0. The maximum Gasteiger partial charge on any atom is 0.313 e. The Balaban J connectivity index is 3.12. The second-order valence-electron chi connectivity index (χ2n) is 6.00. The van der Waals surface area contributed by atoms with E-state index in [-0.39, 0.29) is 23.8 Å². The van der Waals surface area contributed by atoms with Crippen LogP contribution >= 0.6 is 0 Å². The van der Waals surface area contributed by atoms with Crippen molar-refractivity contribution in [3.05, 3.63) is 23.8 Å². The molecule has 0 aliphatic heterocycles. The normalized spacial score (nSPS) is 10.9. The molecule has 0 heterocycles. The number of unbranched alkanes of at least 4 members (excludes halogenated alkanes) is 1. The first-order valence-corrected chi connectivity index (χ1v) is 7.92. The number of esters is 2. The van der Waals surface area contributed by atoms with Gasteiger partial charge >= 0.3 is 11.9 Å². The highest BCUT2D eigenvalue weighted by Crippen LogP contribution is 2.33. The first kappa shape index (κ1) is 18.2. The van der Waals surface area contributed by atoms with Gasteiger partial charge in [-0.05, 0) is 24.5 Å². The summed E-state index contributed by atoms with van der Waals surface area (Å²) in [6.07, 6.45) is 2.80. The SMILES string of the molecule is CCCCc1cccc(OC(=O)C(C)C)c1OC(=O)C(C)C. The van der Waals surface area contributed by atoms with E-state index in [1.807, 2.05) is 12.1 Å². The summed E-state index contributed by atoms with van der Waals surface area (Å²) >= 11 is 0. The van der Waals surface area contributed by atoms with Crippen molar-refractivity contribution in [3.63, 3.8) is 0 Å². The van der Waals surface area contributed by atoms with Gasteiger partial charge in [0.1, 0.15) is 0 Å². The van der Waals surface area contributed by atoms with Gasteiger partial charge in [-0.15, -0.1) is 0 Å². The van der Waals surface area contributed by atoms with Gasteiger partial charge in [-0.1, -0.05) is 53.2 Å². The zero-order chi connectivity index (χ0) is 16.7. The van der Waals surface area contributed by atoms with Gasteiger partial charge in [-0.25, -0.2) is 0 Å². The van der Waals surface area contributed by atoms with E-state index in [2.05, 4.69) is 6.92 Å². The molecule has 0 spiro atoms. The van der Waals surface area contributed by atoms with Crippen LogP contribution in [0.4, 0.5) is 0 Å². The second-order valence-corrected chi connectivity index (χ2v) is 6.00. The van der Waals surface area contributed by atoms with Crippen molar-refractivity contribution < 1.29 is 19.1 Å². The molecule has 1 aromatic rings. The molecule has 0 aliphatic carbocycles. The minimum Gasteiger partial charge on any atom is -0.422 e. The van der Waals surface area contributed by atoms with Gasteiger partial charge in [0.2, 0.25) is 0 Å². The Kier molecular flexibility index (Phi) is 7.09. The molecule has 0 amide bonds. The van der Waals surface area contributed by atoms with E-state index < -0.39 is 0 Å². The third-order valence-corrected chi connectivity index (χ3v) is 3.22. The van der Waals surface area contributed by atoms with Gasteiger partial charge in [0, 0.05) is 0 Å². The van der Waals surface area contributed by atoms with Crippen molar-refractivity contribution in [2.45, 2.75) is 53.9 Å². The Morgan fingerprint density at radius 1 is 1.00 bits per heavy atom. The molecule has 0 atom stereocenters. The fourth-order valence-corrected chi connectivity index (χ4v) is 1.77. The molecule has 22 heavy (non-hydrogen) atoms. The maximum atomic E-state index is 11.9. The summed E-state index contributed by atoms with van der Waals surface area (Å²) in [5.41, 5.74) is 0.893. The molecular weight excluding hydrogens is 280 g/mol. The summed E-state index contributed by atoms with van der Waals surface area (Å²) in [5.74, 6) is -0.453. The Bertz CT molecular complexity index is 518. The van der Waals surface area contributed by atoms with Crippen LogP contribution in [0.15, 0.2) is 18.2 Å². The van der Waals surface area contributed by atoms with Gasteiger partial charge in [0.05, 0.1) is 11.8 Å². The molecule has 122 valence electrons.